The zero-order chi connectivity index (χ0) is 14.4. The maximum absolute atomic E-state index is 5.65. The molecule has 4 heteroatoms. The van der Waals surface area contributed by atoms with Gasteiger partial charge in [0, 0.05) is 31.2 Å². The van der Waals surface area contributed by atoms with E-state index < -0.39 is 0 Å². The Morgan fingerprint density at radius 2 is 2.10 bits per heavy atom. The highest BCUT2D eigenvalue weighted by molar-refractivity contribution is 4.93. The van der Waals surface area contributed by atoms with Crippen LogP contribution < -0.4 is 10.6 Å². The summed E-state index contributed by atoms with van der Waals surface area (Å²) >= 11 is 0. The minimum atomic E-state index is 0.560. The van der Waals surface area contributed by atoms with Gasteiger partial charge in [0.25, 0.3) is 0 Å². The predicted octanol–water partition coefficient (Wildman–Crippen LogP) is 1.46. The SMILES string of the molecule is CCN(CC)CC(C)NC1CCCC1C1COCCN1. The molecule has 1 saturated heterocycles. The number of nitrogens with zero attached hydrogens (tertiary/aromatic N) is 1. The second-order valence-electron chi connectivity index (χ2n) is 6.39. The zero-order valence-corrected chi connectivity index (χ0v) is 13.5. The van der Waals surface area contributed by atoms with Crippen LogP contribution in [0.3, 0.4) is 0 Å². The summed E-state index contributed by atoms with van der Waals surface area (Å²) in [5.74, 6) is 0.745. The third-order valence-corrected chi connectivity index (χ3v) is 4.96. The fourth-order valence-electron chi connectivity index (χ4n) is 3.83. The lowest BCUT2D eigenvalue weighted by molar-refractivity contribution is 0.0514. The molecule has 0 amide bonds. The smallest absolute Gasteiger partial charge is 0.0623 e. The molecule has 0 aromatic rings. The van der Waals surface area contributed by atoms with Gasteiger partial charge in [-0.25, -0.2) is 0 Å². The number of hydrogen-bond acceptors (Lipinski definition) is 4. The molecule has 118 valence electrons. The first-order chi connectivity index (χ1) is 9.74. The summed E-state index contributed by atoms with van der Waals surface area (Å²) in [6.45, 7) is 13.1. The lowest BCUT2D eigenvalue weighted by atomic mass is 9.93. The maximum atomic E-state index is 5.65. The van der Waals surface area contributed by atoms with E-state index in [0.717, 1.165) is 45.3 Å². The van der Waals surface area contributed by atoms with Gasteiger partial charge in [-0.05, 0) is 38.8 Å². The van der Waals surface area contributed by atoms with Crippen molar-refractivity contribution in [2.75, 3.05) is 39.4 Å². The molecule has 20 heavy (non-hydrogen) atoms. The van der Waals surface area contributed by atoms with E-state index in [0.29, 0.717) is 18.1 Å². The molecular formula is C16H33N3O. The lowest BCUT2D eigenvalue weighted by Crippen LogP contribution is -2.53. The van der Waals surface area contributed by atoms with E-state index >= 15 is 0 Å². The Labute approximate surface area is 124 Å². The first-order valence-electron chi connectivity index (χ1n) is 8.54. The van der Waals surface area contributed by atoms with Gasteiger partial charge < -0.3 is 20.3 Å². The van der Waals surface area contributed by atoms with Crippen LogP contribution in [0, 0.1) is 5.92 Å². The van der Waals surface area contributed by atoms with Gasteiger partial charge in [0.05, 0.1) is 13.2 Å². The largest absolute Gasteiger partial charge is 0.379 e. The minimum Gasteiger partial charge on any atom is -0.379 e. The van der Waals surface area contributed by atoms with Gasteiger partial charge in [0.2, 0.25) is 0 Å². The van der Waals surface area contributed by atoms with Crippen LogP contribution >= 0.6 is 0 Å². The normalized spacial score (nSPS) is 32.7. The number of ether oxygens (including phenoxy) is 1. The van der Waals surface area contributed by atoms with Gasteiger partial charge in [-0.15, -0.1) is 0 Å². The van der Waals surface area contributed by atoms with Crippen molar-refractivity contribution in [2.45, 2.75) is 58.2 Å². The highest BCUT2D eigenvalue weighted by Crippen LogP contribution is 2.29. The molecule has 4 nitrogen and oxygen atoms in total. The highest BCUT2D eigenvalue weighted by atomic mass is 16.5. The Morgan fingerprint density at radius 3 is 2.75 bits per heavy atom. The molecule has 1 heterocycles. The Bertz CT molecular complexity index is 264. The molecule has 0 bridgehead atoms. The molecule has 2 aliphatic rings. The lowest BCUT2D eigenvalue weighted by Gasteiger charge is -2.35. The Balaban J connectivity index is 1.80. The molecule has 1 aliphatic heterocycles. The summed E-state index contributed by atoms with van der Waals surface area (Å²) in [5, 5.41) is 7.54. The van der Waals surface area contributed by atoms with E-state index in [1.54, 1.807) is 0 Å². The van der Waals surface area contributed by atoms with E-state index in [2.05, 4.69) is 36.3 Å². The molecule has 4 unspecified atom stereocenters. The van der Waals surface area contributed by atoms with Gasteiger partial charge in [0.15, 0.2) is 0 Å². The second-order valence-corrected chi connectivity index (χ2v) is 6.39. The van der Waals surface area contributed by atoms with Crippen LogP contribution in [0.15, 0.2) is 0 Å². The topological polar surface area (TPSA) is 36.5 Å². The van der Waals surface area contributed by atoms with Crippen molar-refractivity contribution in [3.8, 4) is 0 Å². The van der Waals surface area contributed by atoms with E-state index in [1.807, 2.05) is 0 Å². The standard InChI is InChI=1S/C16H33N3O/c1-4-19(5-2)11-13(3)18-15-8-6-7-14(15)16-12-20-10-9-17-16/h13-18H,4-12H2,1-3H3. The van der Waals surface area contributed by atoms with E-state index in [-0.39, 0.29) is 0 Å². The van der Waals surface area contributed by atoms with Crippen molar-refractivity contribution >= 4 is 0 Å². The van der Waals surface area contributed by atoms with Crippen LogP contribution in [0.5, 0.6) is 0 Å². The van der Waals surface area contributed by atoms with Crippen molar-refractivity contribution < 1.29 is 4.74 Å². The molecule has 0 spiro atoms. The van der Waals surface area contributed by atoms with Crippen molar-refractivity contribution in [1.82, 2.24) is 15.5 Å². The first-order valence-corrected chi connectivity index (χ1v) is 8.54. The predicted molar refractivity (Wildman–Crippen MR) is 84.1 cm³/mol. The molecule has 0 aromatic carbocycles. The highest BCUT2D eigenvalue weighted by Gasteiger charge is 2.35. The molecule has 2 fully saturated rings. The van der Waals surface area contributed by atoms with Gasteiger partial charge in [-0.1, -0.05) is 20.3 Å². The average molecular weight is 283 g/mol. The molecule has 2 rings (SSSR count). The Morgan fingerprint density at radius 1 is 1.30 bits per heavy atom. The van der Waals surface area contributed by atoms with Gasteiger partial charge in [-0.2, -0.15) is 0 Å². The van der Waals surface area contributed by atoms with Crippen LogP contribution in [0.4, 0.5) is 0 Å². The zero-order valence-electron chi connectivity index (χ0n) is 13.5. The second kappa shape index (κ2) is 8.32. The number of rotatable bonds is 7. The van der Waals surface area contributed by atoms with Crippen molar-refractivity contribution in [1.29, 1.82) is 0 Å². The molecular weight excluding hydrogens is 250 g/mol. The van der Waals surface area contributed by atoms with E-state index in [4.69, 9.17) is 4.74 Å². The third-order valence-electron chi connectivity index (χ3n) is 4.96. The van der Waals surface area contributed by atoms with Crippen LogP contribution in [0.25, 0.3) is 0 Å². The monoisotopic (exact) mass is 283 g/mol. The number of hydrogen-bond donors (Lipinski definition) is 2. The van der Waals surface area contributed by atoms with Crippen LogP contribution in [-0.2, 0) is 4.74 Å². The molecule has 2 N–H and O–H groups in total. The molecule has 1 saturated carbocycles. The first kappa shape index (κ1) is 16.2. The molecule has 4 atom stereocenters. The average Bonchev–Trinajstić information content (AvgIpc) is 2.93. The molecule has 0 aromatic heterocycles. The summed E-state index contributed by atoms with van der Waals surface area (Å²) in [7, 11) is 0. The Hall–Kier alpha value is -0.160. The third kappa shape index (κ3) is 4.42. The maximum Gasteiger partial charge on any atom is 0.0623 e. The van der Waals surface area contributed by atoms with Gasteiger partial charge >= 0.3 is 0 Å². The summed E-state index contributed by atoms with van der Waals surface area (Å²) in [5.41, 5.74) is 0. The van der Waals surface area contributed by atoms with Gasteiger partial charge in [-0.3, -0.25) is 0 Å². The number of nitrogens with one attached hydrogen (secondary N) is 2. The summed E-state index contributed by atoms with van der Waals surface area (Å²) in [6, 6.07) is 1.80. The molecule has 0 radical (unpaired) electrons. The van der Waals surface area contributed by atoms with Gasteiger partial charge in [0.1, 0.15) is 0 Å². The minimum absolute atomic E-state index is 0.560. The van der Waals surface area contributed by atoms with Crippen LogP contribution in [0.2, 0.25) is 0 Å². The number of morpholine rings is 1. The van der Waals surface area contributed by atoms with Crippen molar-refractivity contribution in [3.63, 3.8) is 0 Å². The number of likely N-dealkylation sites (N-methyl/N-ethyl adjacent to an activating group) is 1. The van der Waals surface area contributed by atoms with Crippen LogP contribution in [0.1, 0.15) is 40.0 Å². The Kier molecular flexibility index (Phi) is 6.75. The summed E-state index contributed by atoms with van der Waals surface area (Å²) in [6.07, 6.45) is 4.03. The van der Waals surface area contributed by atoms with E-state index in [1.165, 1.54) is 19.3 Å². The van der Waals surface area contributed by atoms with Crippen molar-refractivity contribution in [2.24, 2.45) is 5.92 Å². The quantitative estimate of drug-likeness (QED) is 0.742. The van der Waals surface area contributed by atoms with Crippen LogP contribution in [-0.4, -0.2) is 62.4 Å². The van der Waals surface area contributed by atoms with E-state index in [9.17, 15) is 0 Å². The fraction of sp³-hybridized carbons (Fsp3) is 1.00. The summed E-state index contributed by atoms with van der Waals surface area (Å²) in [4.78, 5) is 2.50. The molecule has 1 aliphatic carbocycles. The summed E-state index contributed by atoms with van der Waals surface area (Å²) < 4.78 is 5.65. The van der Waals surface area contributed by atoms with Crippen molar-refractivity contribution in [3.05, 3.63) is 0 Å². The fourth-order valence-corrected chi connectivity index (χ4v) is 3.83.